The van der Waals surface area contributed by atoms with E-state index in [1.807, 2.05) is 30.5 Å². The monoisotopic (exact) mass is 510 g/mol. The van der Waals surface area contributed by atoms with Gasteiger partial charge < -0.3 is 18.9 Å². The number of methoxy groups -OCH3 is 2. The van der Waals surface area contributed by atoms with Crippen LogP contribution in [0.2, 0.25) is 0 Å². The van der Waals surface area contributed by atoms with Gasteiger partial charge in [-0.25, -0.2) is 0 Å². The van der Waals surface area contributed by atoms with Crippen molar-refractivity contribution in [1.82, 2.24) is 15.2 Å². The van der Waals surface area contributed by atoms with Crippen molar-refractivity contribution >= 4 is 29.3 Å². The van der Waals surface area contributed by atoms with Crippen LogP contribution in [0.4, 0.5) is 5.69 Å². The summed E-state index contributed by atoms with van der Waals surface area (Å²) in [7, 11) is 2.91. The van der Waals surface area contributed by atoms with Crippen LogP contribution in [0.15, 0.2) is 41.6 Å². The minimum atomic E-state index is -0.954. The fourth-order valence-electron chi connectivity index (χ4n) is 3.79. The summed E-state index contributed by atoms with van der Waals surface area (Å²) in [5, 5.41) is 8.96. The maximum atomic E-state index is 13.4. The van der Waals surface area contributed by atoms with E-state index in [9.17, 15) is 9.59 Å². The summed E-state index contributed by atoms with van der Waals surface area (Å²) in [5.41, 5.74) is 2.21. The van der Waals surface area contributed by atoms with E-state index in [1.165, 1.54) is 26.0 Å². The second kappa shape index (κ2) is 10.8. The molecule has 0 unspecified atom stereocenters. The zero-order valence-electron chi connectivity index (χ0n) is 20.6. The molecule has 0 radical (unpaired) electrons. The third-order valence-electron chi connectivity index (χ3n) is 5.54. The van der Waals surface area contributed by atoms with Crippen molar-refractivity contribution < 1.29 is 28.5 Å². The highest BCUT2D eigenvalue weighted by molar-refractivity contribution is 7.98. The lowest BCUT2D eigenvalue weighted by Gasteiger charge is -2.31. The average molecular weight is 511 g/mol. The zero-order chi connectivity index (χ0) is 25.8. The second-order valence-corrected chi connectivity index (χ2v) is 8.41. The van der Waals surface area contributed by atoms with Crippen molar-refractivity contribution in [3.8, 4) is 34.4 Å². The van der Waals surface area contributed by atoms with Gasteiger partial charge in [0.25, 0.3) is 0 Å². The van der Waals surface area contributed by atoms with Gasteiger partial charge in [0.05, 0.1) is 19.9 Å². The molecule has 3 aromatic rings. The Kier molecular flexibility index (Phi) is 7.58. The third kappa shape index (κ3) is 4.66. The van der Waals surface area contributed by atoms with Crippen LogP contribution in [-0.2, 0) is 9.59 Å². The van der Waals surface area contributed by atoms with Crippen molar-refractivity contribution in [1.29, 1.82) is 0 Å². The summed E-state index contributed by atoms with van der Waals surface area (Å²) < 4.78 is 22.9. The first kappa shape index (κ1) is 25.2. The van der Waals surface area contributed by atoms with Crippen molar-refractivity contribution in [2.24, 2.45) is 0 Å². The molecule has 11 heteroatoms. The van der Waals surface area contributed by atoms with E-state index in [0.29, 0.717) is 27.7 Å². The van der Waals surface area contributed by atoms with Gasteiger partial charge in [-0.15, -0.1) is 10.2 Å². The number of thioether (sulfide) groups is 1. The van der Waals surface area contributed by atoms with E-state index >= 15 is 0 Å². The van der Waals surface area contributed by atoms with E-state index < -0.39 is 12.2 Å². The molecule has 1 aliphatic rings. The first-order valence-corrected chi connectivity index (χ1v) is 12.5. The highest BCUT2D eigenvalue weighted by Crippen LogP contribution is 2.46. The van der Waals surface area contributed by atoms with Gasteiger partial charge in [-0.05, 0) is 24.5 Å². The van der Waals surface area contributed by atoms with E-state index in [1.54, 1.807) is 30.9 Å². The quantitative estimate of drug-likeness (QED) is 0.257. The lowest BCUT2D eigenvalue weighted by molar-refractivity contribution is -0.134. The molecule has 1 atom stereocenters. The topological polar surface area (TPSA) is 113 Å². The molecule has 1 aromatic heterocycles. The Morgan fingerprint density at radius 1 is 1.06 bits per heavy atom. The van der Waals surface area contributed by atoms with E-state index in [2.05, 4.69) is 15.2 Å². The van der Waals surface area contributed by atoms with Gasteiger partial charge in [0.2, 0.25) is 28.9 Å². The number of hydrogen-bond acceptors (Lipinski definition) is 10. The smallest absolute Gasteiger partial charge is 0.311 e. The fraction of sp³-hybridized carbons (Fsp3) is 0.320. The normalized spacial score (nSPS) is 14.1. The number of nitrogens with zero attached hydrogens (tertiary/aromatic N) is 4. The highest BCUT2D eigenvalue weighted by Gasteiger charge is 2.36. The Morgan fingerprint density at radius 3 is 2.36 bits per heavy atom. The molecule has 1 aliphatic heterocycles. The summed E-state index contributed by atoms with van der Waals surface area (Å²) in [6.45, 7) is 3.47. The molecule has 4 rings (SSSR count). The highest BCUT2D eigenvalue weighted by atomic mass is 32.2. The molecule has 2 heterocycles. The van der Waals surface area contributed by atoms with Gasteiger partial charge in [-0.1, -0.05) is 43.8 Å². The van der Waals surface area contributed by atoms with Crippen molar-refractivity contribution in [2.75, 3.05) is 25.4 Å². The molecule has 188 valence electrons. The molecule has 0 saturated heterocycles. The first-order chi connectivity index (χ1) is 17.4. The molecular formula is C25H26N4O6S. The number of hydrogen-bond donors (Lipinski definition) is 0. The van der Waals surface area contributed by atoms with Crippen LogP contribution in [-0.4, -0.2) is 47.5 Å². The number of rotatable bonds is 7. The summed E-state index contributed by atoms with van der Waals surface area (Å²) in [4.78, 5) is 31.5. The third-order valence-corrected chi connectivity index (χ3v) is 6.08. The summed E-state index contributed by atoms with van der Waals surface area (Å²) in [6.07, 6.45) is 1.28. The molecule has 0 saturated carbocycles. The largest absolute Gasteiger partial charge is 0.493 e. The number of carbonyl (C=O) groups excluding carboxylic acids is 2. The number of aromatic nitrogens is 3. The summed E-state index contributed by atoms with van der Waals surface area (Å²) >= 11 is 1.33. The van der Waals surface area contributed by atoms with Crippen molar-refractivity contribution in [3.05, 3.63) is 42.0 Å². The SMILES string of the molecule is CCC(=O)Oc1c(OC)cc([C@H]2Oc3nc(SC)nnc3-c3ccccc3N2C(=O)CC)cc1OC. The predicted molar refractivity (Wildman–Crippen MR) is 134 cm³/mol. The molecule has 0 fully saturated rings. The van der Waals surface area contributed by atoms with E-state index in [4.69, 9.17) is 18.9 Å². The molecule has 0 aliphatic carbocycles. The first-order valence-electron chi connectivity index (χ1n) is 11.3. The lowest BCUT2D eigenvalue weighted by Crippen LogP contribution is -2.37. The Morgan fingerprint density at radius 2 is 1.75 bits per heavy atom. The minimum absolute atomic E-state index is 0.145. The zero-order valence-corrected chi connectivity index (χ0v) is 21.4. The number of ether oxygens (including phenoxy) is 4. The number of esters is 1. The van der Waals surface area contributed by atoms with Gasteiger partial charge in [-0.2, -0.15) is 4.98 Å². The molecule has 1 amide bonds. The molecule has 0 spiro atoms. The lowest BCUT2D eigenvalue weighted by atomic mass is 10.1. The van der Waals surface area contributed by atoms with Gasteiger partial charge in [-0.3, -0.25) is 14.5 Å². The number of fused-ring (bicyclic) bond motifs is 3. The molecule has 2 aromatic carbocycles. The van der Waals surface area contributed by atoms with E-state index in [0.717, 1.165) is 0 Å². The maximum absolute atomic E-state index is 13.4. The standard InChI is InChI=1S/C25H26N4O6S/c1-6-19(30)29-16-11-9-8-10-15(16)21-23(26-25(36-5)28-27-21)35-24(29)14-12-17(32-3)22(18(13-14)33-4)34-20(31)7-2/h8-13,24H,6-7H2,1-5H3/t24-/m1/s1. The number of benzene rings is 2. The number of amides is 1. The van der Waals surface area contributed by atoms with E-state index in [-0.39, 0.29) is 41.9 Å². The Balaban J connectivity index is 1.96. The number of carbonyl (C=O) groups is 2. The maximum Gasteiger partial charge on any atom is 0.311 e. The van der Waals surface area contributed by atoms with Crippen LogP contribution >= 0.6 is 11.8 Å². The number of anilines is 1. The minimum Gasteiger partial charge on any atom is -0.493 e. The van der Waals surface area contributed by atoms with Gasteiger partial charge in [0.15, 0.2) is 17.2 Å². The Labute approximate surface area is 212 Å². The molecule has 36 heavy (non-hydrogen) atoms. The van der Waals surface area contributed by atoms with Crippen LogP contribution in [0.3, 0.4) is 0 Å². The fourth-order valence-corrected chi connectivity index (χ4v) is 4.08. The summed E-state index contributed by atoms with van der Waals surface area (Å²) in [6, 6.07) is 10.7. The Hall–Kier alpha value is -3.86. The molecular weight excluding hydrogens is 484 g/mol. The van der Waals surface area contributed by atoms with Gasteiger partial charge in [0.1, 0.15) is 0 Å². The van der Waals surface area contributed by atoms with Crippen LogP contribution in [0.1, 0.15) is 38.5 Å². The van der Waals surface area contributed by atoms with Crippen LogP contribution in [0.5, 0.6) is 23.1 Å². The molecule has 10 nitrogen and oxygen atoms in total. The second-order valence-electron chi connectivity index (χ2n) is 7.64. The predicted octanol–water partition coefficient (Wildman–Crippen LogP) is 4.43. The van der Waals surface area contributed by atoms with Crippen molar-refractivity contribution in [3.63, 3.8) is 0 Å². The van der Waals surface area contributed by atoms with Crippen LogP contribution in [0.25, 0.3) is 11.3 Å². The summed E-state index contributed by atoms with van der Waals surface area (Å²) in [5.74, 6) is 0.259. The Bertz CT molecular complexity index is 1280. The average Bonchev–Trinajstić information content (AvgIpc) is 3.06. The molecule has 0 bridgehead atoms. The van der Waals surface area contributed by atoms with Crippen molar-refractivity contribution in [2.45, 2.75) is 38.1 Å². The van der Waals surface area contributed by atoms with Gasteiger partial charge >= 0.3 is 5.97 Å². The number of para-hydroxylation sites is 1. The molecule has 0 N–H and O–H groups in total. The van der Waals surface area contributed by atoms with Gasteiger partial charge in [0, 0.05) is 24.0 Å². The van der Waals surface area contributed by atoms with Crippen LogP contribution < -0.4 is 23.8 Å². The van der Waals surface area contributed by atoms with Crippen LogP contribution in [0, 0.1) is 0 Å².